The Morgan fingerprint density at radius 2 is 1.68 bits per heavy atom. The van der Waals surface area contributed by atoms with Crippen LogP contribution >= 0.6 is 11.6 Å². The van der Waals surface area contributed by atoms with Crippen LogP contribution in [0.3, 0.4) is 0 Å². The Balaban J connectivity index is 1.69. The lowest BCUT2D eigenvalue weighted by Crippen LogP contribution is -2.10. The Hall–Kier alpha value is -1.34. The van der Waals surface area contributed by atoms with E-state index in [9.17, 15) is 4.39 Å². The molecule has 0 N–H and O–H groups in total. The van der Waals surface area contributed by atoms with Gasteiger partial charge >= 0.3 is 0 Å². The molecule has 0 radical (unpaired) electrons. The van der Waals surface area contributed by atoms with E-state index in [4.69, 9.17) is 11.6 Å². The largest absolute Gasteiger partial charge is 0.207 e. The van der Waals surface area contributed by atoms with Gasteiger partial charge in [-0.05, 0) is 53.5 Å². The van der Waals surface area contributed by atoms with E-state index in [2.05, 4.69) is 31.2 Å². The molecule has 1 aliphatic rings. The molecular weight excluding hydrogens is 295 g/mol. The average molecular weight is 317 g/mol. The number of halogens is 2. The summed E-state index contributed by atoms with van der Waals surface area (Å²) in [4.78, 5) is 0. The number of hydrogen-bond donors (Lipinski definition) is 0. The zero-order valence-corrected chi connectivity index (χ0v) is 13.7. The summed E-state index contributed by atoms with van der Waals surface area (Å²) in [6.45, 7) is 2.35. The summed E-state index contributed by atoms with van der Waals surface area (Å²) in [7, 11) is 0. The Morgan fingerprint density at radius 3 is 2.32 bits per heavy atom. The molecule has 0 spiro atoms. The minimum Gasteiger partial charge on any atom is -0.207 e. The van der Waals surface area contributed by atoms with Crippen molar-refractivity contribution in [1.82, 2.24) is 0 Å². The van der Waals surface area contributed by atoms with Crippen LogP contribution in [0, 0.1) is 11.7 Å². The zero-order chi connectivity index (χ0) is 15.5. The third-order valence-corrected chi connectivity index (χ3v) is 5.11. The first-order valence-corrected chi connectivity index (χ1v) is 8.52. The first-order valence-electron chi connectivity index (χ1n) is 8.14. The lowest BCUT2D eigenvalue weighted by Gasteiger charge is -2.26. The van der Waals surface area contributed by atoms with Gasteiger partial charge in [0, 0.05) is 11.4 Å². The molecular formula is C20H22ClF. The Labute approximate surface area is 137 Å². The van der Waals surface area contributed by atoms with Crippen molar-refractivity contribution >= 4 is 11.6 Å². The normalized spacial score (nSPS) is 21.8. The predicted octanol–water partition coefficient (Wildman–Crippen LogP) is 6.36. The van der Waals surface area contributed by atoms with Crippen LogP contribution in [-0.4, -0.2) is 0 Å². The van der Waals surface area contributed by atoms with E-state index in [1.165, 1.54) is 37.3 Å². The highest BCUT2D eigenvalue weighted by Crippen LogP contribution is 2.35. The van der Waals surface area contributed by atoms with E-state index in [1.54, 1.807) is 12.1 Å². The van der Waals surface area contributed by atoms with Gasteiger partial charge in [0.1, 0.15) is 5.82 Å². The van der Waals surface area contributed by atoms with Crippen molar-refractivity contribution in [3.05, 3.63) is 70.0 Å². The third kappa shape index (κ3) is 3.70. The highest BCUT2D eigenvalue weighted by Gasteiger charge is 2.19. The summed E-state index contributed by atoms with van der Waals surface area (Å²) >= 11 is 5.80. The van der Waals surface area contributed by atoms with E-state index < -0.39 is 0 Å². The molecule has 3 rings (SSSR count). The third-order valence-electron chi connectivity index (χ3n) is 4.88. The van der Waals surface area contributed by atoms with Crippen LogP contribution in [-0.2, 0) is 6.42 Å². The Morgan fingerprint density at radius 1 is 1.00 bits per heavy atom. The van der Waals surface area contributed by atoms with Gasteiger partial charge in [-0.1, -0.05) is 61.7 Å². The number of rotatable bonds is 3. The van der Waals surface area contributed by atoms with Crippen molar-refractivity contribution < 1.29 is 4.39 Å². The number of hydrogen-bond acceptors (Lipinski definition) is 0. The van der Waals surface area contributed by atoms with Crippen LogP contribution in [0.15, 0.2) is 42.5 Å². The van der Waals surface area contributed by atoms with Gasteiger partial charge in [-0.25, -0.2) is 4.39 Å². The second-order valence-electron chi connectivity index (χ2n) is 6.61. The second-order valence-corrected chi connectivity index (χ2v) is 7.05. The van der Waals surface area contributed by atoms with Crippen molar-refractivity contribution in [3.8, 4) is 0 Å². The van der Waals surface area contributed by atoms with Gasteiger partial charge in [0.05, 0.1) is 0 Å². The molecule has 1 saturated carbocycles. The maximum atomic E-state index is 13.9. The van der Waals surface area contributed by atoms with Crippen LogP contribution in [0.2, 0.25) is 5.02 Å². The van der Waals surface area contributed by atoms with Gasteiger partial charge in [0.25, 0.3) is 0 Å². The molecule has 0 saturated heterocycles. The maximum Gasteiger partial charge on any atom is 0.128 e. The van der Waals surface area contributed by atoms with E-state index in [1.807, 2.05) is 0 Å². The molecule has 0 bridgehead atoms. The molecule has 2 aromatic carbocycles. The average Bonchev–Trinajstić information content (AvgIpc) is 2.52. The summed E-state index contributed by atoms with van der Waals surface area (Å²) in [5.74, 6) is 1.36. The van der Waals surface area contributed by atoms with Crippen molar-refractivity contribution in [3.63, 3.8) is 0 Å². The van der Waals surface area contributed by atoms with Crippen LogP contribution in [0.25, 0.3) is 0 Å². The summed E-state index contributed by atoms with van der Waals surface area (Å²) in [6.07, 6.45) is 5.88. The molecule has 0 nitrogen and oxygen atoms in total. The Bertz CT molecular complexity index is 625. The van der Waals surface area contributed by atoms with Gasteiger partial charge in [0.2, 0.25) is 0 Å². The first kappa shape index (κ1) is 15.6. The minimum absolute atomic E-state index is 0.224. The molecule has 1 aliphatic carbocycles. The van der Waals surface area contributed by atoms with Gasteiger partial charge in [-0.2, -0.15) is 0 Å². The summed E-state index contributed by atoms with van der Waals surface area (Å²) < 4.78 is 13.9. The SMILES string of the molecule is CC1CCC(c2ccc(Cc3ccc(Cl)cc3F)cc2)CC1. The van der Waals surface area contributed by atoms with E-state index >= 15 is 0 Å². The Kier molecular flexibility index (Phi) is 4.83. The first-order chi connectivity index (χ1) is 10.6. The molecule has 0 unspecified atom stereocenters. The quantitative estimate of drug-likeness (QED) is 0.617. The smallest absolute Gasteiger partial charge is 0.128 e. The van der Waals surface area contributed by atoms with Crippen molar-refractivity contribution in [2.45, 2.75) is 44.9 Å². The number of benzene rings is 2. The highest BCUT2D eigenvalue weighted by molar-refractivity contribution is 6.30. The van der Waals surface area contributed by atoms with Crippen LogP contribution in [0.1, 0.15) is 55.2 Å². The van der Waals surface area contributed by atoms with Gasteiger partial charge in [-0.3, -0.25) is 0 Å². The van der Waals surface area contributed by atoms with E-state index in [0.29, 0.717) is 22.9 Å². The van der Waals surface area contributed by atoms with E-state index in [0.717, 1.165) is 11.5 Å². The maximum absolute atomic E-state index is 13.9. The van der Waals surface area contributed by atoms with Crippen LogP contribution in [0.4, 0.5) is 4.39 Å². The summed E-state index contributed by atoms with van der Waals surface area (Å²) in [5, 5.41) is 0.447. The van der Waals surface area contributed by atoms with Gasteiger partial charge < -0.3 is 0 Å². The topological polar surface area (TPSA) is 0 Å². The van der Waals surface area contributed by atoms with Crippen molar-refractivity contribution in [2.75, 3.05) is 0 Å². The summed E-state index contributed by atoms with van der Waals surface area (Å²) in [5.41, 5.74) is 3.28. The fraction of sp³-hybridized carbons (Fsp3) is 0.400. The fourth-order valence-electron chi connectivity index (χ4n) is 3.39. The zero-order valence-electron chi connectivity index (χ0n) is 13.0. The van der Waals surface area contributed by atoms with Crippen LogP contribution < -0.4 is 0 Å². The molecule has 2 heteroatoms. The minimum atomic E-state index is -0.224. The monoisotopic (exact) mass is 316 g/mol. The molecule has 2 aromatic rings. The van der Waals surface area contributed by atoms with Gasteiger partial charge in [0.15, 0.2) is 0 Å². The van der Waals surface area contributed by atoms with E-state index in [-0.39, 0.29) is 5.82 Å². The molecule has 0 aromatic heterocycles. The lowest BCUT2D eigenvalue weighted by molar-refractivity contribution is 0.348. The molecule has 22 heavy (non-hydrogen) atoms. The molecule has 0 aliphatic heterocycles. The van der Waals surface area contributed by atoms with Gasteiger partial charge in [-0.15, -0.1) is 0 Å². The molecule has 116 valence electrons. The van der Waals surface area contributed by atoms with Crippen LogP contribution in [0.5, 0.6) is 0 Å². The fourth-order valence-corrected chi connectivity index (χ4v) is 3.54. The molecule has 1 fully saturated rings. The second kappa shape index (κ2) is 6.83. The molecule has 0 amide bonds. The molecule has 0 heterocycles. The summed E-state index contributed by atoms with van der Waals surface area (Å²) in [6, 6.07) is 13.6. The van der Waals surface area contributed by atoms with Crippen molar-refractivity contribution in [2.24, 2.45) is 5.92 Å². The highest BCUT2D eigenvalue weighted by atomic mass is 35.5. The standard InChI is InChI=1S/C20H22ClF/c1-14-2-6-16(7-3-14)17-8-4-15(5-9-17)12-18-10-11-19(21)13-20(18)22/h4-5,8-11,13-14,16H,2-3,6-7,12H2,1H3. The van der Waals surface area contributed by atoms with Crippen molar-refractivity contribution in [1.29, 1.82) is 0 Å². The molecule has 0 atom stereocenters. The lowest BCUT2D eigenvalue weighted by atomic mass is 9.79. The predicted molar refractivity (Wildman–Crippen MR) is 91.0 cm³/mol.